The van der Waals surface area contributed by atoms with Crippen molar-refractivity contribution in [3.05, 3.63) is 99.4 Å². The first-order chi connectivity index (χ1) is 17.7. The Morgan fingerprint density at radius 1 is 1.22 bits per heavy atom. The predicted octanol–water partition coefficient (Wildman–Crippen LogP) is 2.79. The van der Waals surface area contributed by atoms with E-state index in [4.69, 9.17) is 34.8 Å². The Labute approximate surface area is 221 Å². The second-order valence-electron chi connectivity index (χ2n) is 8.07. The van der Waals surface area contributed by atoms with Gasteiger partial charge in [-0.05, 0) is 23.8 Å². The highest BCUT2D eigenvalue weighted by atomic mass is 35.5. The van der Waals surface area contributed by atoms with Crippen LogP contribution in [0.15, 0.2) is 83.3 Å². The number of rotatable bonds is 8. The van der Waals surface area contributed by atoms with Gasteiger partial charge in [-0.2, -0.15) is 0 Å². The van der Waals surface area contributed by atoms with Crippen molar-refractivity contribution < 1.29 is 4.79 Å². The van der Waals surface area contributed by atoms with Crippen LogP contribution in [0, 0.1) is 0 Å². The molecule has 37 heavy (non-hydrogen) atoms. The van der Waals surface area contributed by atoms with Crippen LogP contribution >= 0.6 is 23.2 Å². The number of hydrogen-bond acceptors (Lipinski definition) is 8. The van der Waals surface area contributed by atoms with Crippen molar-refractivity contribution in [3.63, 3.8) is 0 Å². The van der Waals surface area contributed by atoms with E-state index in [0.29, 0.717) is 22.0 Å². The van der Waals surface area contributed by atoms with Crippen LogP contribution in [0.1, 0.15) is 11.6 Å². The zero-order chi connectivity index (χ0) is 26.5. The molecule has 0 bridgehead atoms. The summed E-state index contributed by atoms with van der Waals surface area (Å²) in [4.78, 5) is 31.1. The molecule has 0 spiro atoms. The van der Waals surface area contributed by atoms with Gasteiger partial charge in [0.2, 0.25) is 5.91 Å². The van der Waals surface area contributed by atoms with Gasteiger partial charge in [-0.1, -0.05) is 58.7 Å². The van der Waals surface area contributed by atoms with Gasteiger partial charge in [0.05, 0.1) is 30.1 Å². The smallest absolute Gasteiger partial charge is 0.254 e. The molecule has 2 heterocycles. The number of nitrogens with one attached hydrogen (secondary N) is 1. The van der Waals surface area contributed by atoms with E-state index in [-0.39, 0.29) is 17.4 Å². The third-order valence-corrected chi connectivity index (χ3v) is 5.71. The fraction of sp³-hybridized carbons (Fsp3) is 0.125. The number of amides is 1. The van der Waals surface area contributed by atoms with Crippen LogP contribution in [0.2, 0.25) is 5.02 Å². The van der Waals surface area contributed by atoms with Crippen LogP contribution in [-0.4, -0.2) is 30.5 Å². The standard InChI is InChI=1S/C24H23Cl2N9O2/c1-33-13-22(31-32-33)30-24(37)20(9-15-5-3-2-4-6-15)34-14-29-18(11-23(34)36)17-10-16(25)7-8-19(17)35(28)12-21(26)27/h2-8,10-14,20H,9,27-28H2,1H3,(H,30,37)/b21-12-. The van der Waals surface area contributed by atoms with Crippen molar-refractivity contribution in [2.24, 2.45) is 18.6 Å². The normalized spacial score (nSPS) is 12.3. The molecule has 0 fully saturated rings. The summed E-state index contributed by atoms with van der Waals surface area (Å²) in [6.07, 6.45) is 4.43. The molecule has 5 N–H and O–H groups in total. The molecule has 190 valence electrons. The molecule has 0 aliphatic rings. The van der Waals surface area contributed by atoms with Gasteiger partial charge in [-0.3, -0.25) is 23.8 Å². The lowest BCUT2D eigenvalue weighted by atomic mass is 10.0. The molecule has 11 nitrogen and oxygen atoms in total. The third-order valence-electron chi connectivity index (χ3n) is 5.38. The predicted molar refractivity (Wildman–Crippen MR) is 143 cm³/mol. The number of aromatic nitrogens is 5. The highest BCUT2D eigenvalue weighted by Gasteiger charge is 2.24. The van der Waals surface area contributed by atoms with Gasteiger partial charge in [0.25, 0.3) is 5.56 Å². The molecule has 1 amide bonds. The van der Waals surface area contributed by atoms with Gasteiger partial charge in [0.1, 0.15) is 11.2 Å². The Balaban J connectivity index is 1.73. The van der Waals surface area contributed by atoms with Crippen molar-refractivity contribution in [2.45, 2.75) is 12.5 Å². The first-order valence-corrected chi connectivity index (χ1v) is 11.7. The van der Waals surface area contributed by atoms with Crippen molar-refractivity contribution in [1.29, 1.82) is 0 Å². The minimum Gasteiger partial charge on any atom is -0.388 e. The zero-order valence-corrected chi connectivity index (χ0v) is 21.1. The second-order valence-corrected chi connectivity index (χ2v) is 8.95. The Morgan fingerprint density at radius 2 is 1.97 bits per heavy atom. The number of carbonyl (C=O) groups is 1. The van der Waals surface area contributed by atoms with E-state index < -0.39 is 17.5 Å². The van der Waals surface area contributed by atoms with Crippen LogP contribution in [0.5, 0.6) is 0 Å². The summed E-state index contributed by atoms with van der Waals surface area (Å²) in [6, 6.07) is 14.6. The molecule has 0 aliphatic heterocycles. The number of anilines is 2. The Kier molecular flexibility index (Phi) is 7.87. The van der Waals surface area contributed by atoms with E-state index >= 15 is 0 Å². The van der Waals surface area contributed by atoms with Crippen LogP contribution < -0.4 is 27.5 Å². The summed E-state index contributed by atoms with van der Waals surface area (Å²) in [7, 11) is 1.68. The molecule has 13 heteroatoms. The minimum atomic E-state index is -0.915. The number of hydrazine groups is 1. The molecule has 4 aromatic rings. The van der Waals surface area contributed by atoms with Gasteiger partial charge < -0.3 is 11.1 Å². The molecule has 0 saturated heterocycles. The molecule has 4 rings (SSSR count). The maximum absolute atomic E-state index is 13.3. The van der Waals surface area contributed by atoms with Crippen molar-refractivity contribution in [2.75, 3.05) is 10.3 Å². The second kappa shape index (κ2) is 11.2. The van der Waals surface area contributed by atoms with E-state index in [9.17, 15) is 9.59 Å². The van der Waals surface area contributed by atoms with E-state index in [1.807, 2.05) is 30.3 Å². The lowest BCUT2D eigenvalue weighted by Gasteiger charge is -2.20. The molecule has 1 unspecified atom stereocenters. The van der Waals surface area contributed by atoms with Crippen LogP contribution in [0.25, 0.3) is 11.3 Å². The molecular formula is C24H23Cl2N9O2. The number of halogens is 2. The summed E-state index contributed by atoms with van der Waals surface area (Å²) in [5, 5.41) is 12.0. The van der Waals surface area contributed by atoms with Crippen LogP contribution in [-0.2, 0) is 18.3 Å². The first kappa shape index (κ1) is 25.9. The summed E-state index contributed by atoms with van der Waals surface area (Å²) in [5.41, 5.74) is 7.16. The minimum absolute atomic E-state index is 0.0374. The van der Waals surface area contributed by atoms with Gasteiger partial charge in [-0.15, -0.1) is 5.10 Å². The molecule has 0 saturated carbocycles. The summed E-state index contributed by atoms with van der Waals surface area (Å²) >= 11 is 12.0. The fourth-order valence-electron chi connectivity index (χ4n) is 3.70. The monoisotopic (exact) mass is 539 g/mol. The third kappa shape index (κ3) is 6.33. The summed E-state index contributed by atoms with van der Waals surface area (Å²) in [6.45, 7) is 0. The topological polar surface area (TPSA) is 150 Å². The largest absolute Gasteiger partial charge is 0.388 e. The van der Waals surface area contributed by atoms with Gasteiger partial charge in [-0.25, -0.2) is 10.8 Å². The lowest BCUT2D eigenvalue weighted by molar-refractivity contribution is -0.119. The maximum atomic E-state index is 13.3. The number of nitrogens with two attached hydrogens (primary N) is 2. The van der Waals surface area contributed by atoms with E-state index in [1.54, 1.807) is 31.4 Å². The van der Waals surface area contributed by atoms with Gasteiger partial charge in [0.15, 0.2) is 5.82 Å². The SMILES string of the molecule is Cn1cc(NC(=O)C(Cc2ccccc2)n2cnc(-c3cc(Cl)ccc3N(N)/C=C(\N)Cl)cc2=O)nn1. The molecule has 1 atom stereocenters. The molecule has 0 radical (unpaired) electrons. The number of aryl methyl sites for hydroxylation is 1. The molecule has 0 aliphatic carbocycles. The molecule has 2 aromatic heterocycles. The Bertz CT molecular complexity index is 1500. The fourth-order valence-corrected chi connectivity index (χ4v) is 3.98. The summed E-state index contributed by atoms with van der Waals surface area (Å²) < 4.78 is 2.73. The average molecular weight is 540 g/mol. The van der Waals surface area contributed by atoms with E-state index in [2.05, 4.69) is 20.6 Å². The van der Waals surface area contributed by atoms with Crippen molar-refractivity contribution >= 4 is 40.6 Å². The molecule has 2 aromatic carbocycles. The van der Waals surface area contributed by atoms with Gasteiger partial charge in [0, 0.05) is 30.1 Å². The number of hydrogen-bond donors (Lipinski definition) is 3. The summed E-state index contributed by atoms with van der Waals surface area (Å²) in [5.74, 6) is 5.89. The lowest BCUT2D eigenvalue weighted by Crippen LogP contribution is -2.35. The van der Waals surface area contributed by atoms with Crippen molar-refractivity contribution in [3.8, 4) is 11.3 Å². The van der Waals surface area contributed by atoms with Crippen LogP contribution in [0.3, 0.4) is 0 Å². The number of carbonyl (C=O) groups excluding carboxylic acids is 1. The average Bonchev–Trinajstić information content (AvgIpc) is 3.27. The maximum Gasteiger partial charge on any atom is 0.254 e. The van der Waals surface area contributed by atoms with E-state index in [0.717, 1.165) is 5.56 Å². The van der Waals surface area contributed by atoms with Crippen LogP contribution in [0.4, 0.5) is 11.5 Å². The van der Waals surface area contributed by atoms with Gasteiger partial charge >= 0.3 is 0 Å². The first-order valence-electron chi connectivity index (χ1n) is 11.0. The Morgan fingerprint density at radius 3 is 2.62 bits per heavy atom. The van der Waals surface area contributed by atoms with Crippen molar-refractivity contribution in [1.82, 2.24) is 24.5 Å². The van der Waals surface area contributed by atoms with E-state index in [1.165, 1.54) is 32.9 Å². The number of benzene rings is 2. The highest BCUT2D eigenvalue weighted by molar-refractivity contribution is 6.31. The Hall–Kier alpha value is -4.19. The highest BCUT2D eigenvalue weighted by Crippen LogP contribution is 2.31. The zero-order valence-electron chi connectivity index (χ0n) is 19.6. The number of nitrogens with zero attached hydrogens (tertiary/aromatic N) is 6. The molecular weight excluding hydrogens is 517 g/mol. The quantitative estimate of drug-likeness (QED) is 0.175.